The average molecular weight is 220 g/mol. The van der Waals surface area contributed by atoms with Crippen molar-refractivity contribution in [3.8, 4) is 0 Å². The summed E-state index contributed by atoms with van der Waals surface area (Å²) in [6.07, 6.45) is 1.63. The van der Waals surface area contributed by atoms with Crippen LogP contribution in [0.1, 0.15) is 30.1 Å². The van der Waals surface area contributed by atoms with Gasteiger partial charge in [-0.05, 0) is 44.3 Å². The highest BCUT2D eigenvalue weighted by Crippen LogP contribution is 2.32. The van der Waals surface area contributed by atoms with E-state index in [1.165, 1.54) is 0 Å². The standard InChI is InChI=1S/C13H20N2O/c1-9-3-2-4-11(12(9)14)13(16)10-5-7-15-8-6-10/h2-4,10,13,15-16H,5-8,14H2,1H3. The molecule has 1 aliphatic rings. The van der Waals surface area contributed by atoms with E-state index < -0.39 is 6.10 Å². The number of aliphatic hydroxyl groups is 1. The van der Waals surface area contributed by atoms with Crippen molar-refractivity contribution >= 4 is 5.69 Å². The van der Waals surface area contributed by atoms with E-state index in [-0.39, 0.29) is 0 Å². The molecular formula is C13H20N2O. The molecule has 4 N–H and O–H groups in total. The van der Waals surface area contributed by atoms with Crippen molar-refractivity contribution in [1.29, 1.82) is 0 Å². The minimum Gasteiger partial charge on any atom is -0.398 e. The molecule has 2 rings (SSSR count). The molecule has 88 valence electrons. The first-order chi connectivity index (χ1) is 7.70. The molecule has 0 radical (unpaired) electrons. The quantitative estimate of drug-likeness (QED) is 0.664. The lowest BCUT2D eigenvalue weighted by molar-refractivity contribution is 0.0895. The minimum atomic E-state index is -0.415. The molecule has 1 aromatic carbocycles. The van der Waals surface area contributed by atoms with Crippen LogP contribution in [-0.4, -0.2) is 18.2 Å². The van der Waals surface area contributed by atoms with Crippen LogP contribution in [-0.2, 0) is 0 Å². The highest BCUT2D eigenvalue weighted by atomic mass is 16.3. The molecule has 1 saturated heterocycles. The maximum atomic E-state index is 10.3. The zero-order valence-electron chi connectivity index (χ0n) is 9.74. The van der Waals surface area contributed by atoms with E-state index in [0.717, 1.165) is 42.7 Å². The number of hydrogen-bond donors (Lipinski definition) is 3. The lowest BCUT2D eigenvalue weighted by atomic mass is 9.87. The van der Waals surface area contributed by atoms with Gasteiger partial charge in [0.15, 0.2) is 0 Å². The predicted octanol–water partition coefficient (Wildman–Crippen LogP) is 1.61. The van der Waals surface area contributed by atoms with E-state index in [4.69, 9.17) is 5.73 Å². The van der Waals surface area contributed by atoms with Gasteiger partial charge in [-0.2, -0.15) is 0 Å². The fraction of sp³-hybridized carbons (Fsp3) is 0.538. The van der Waals surface area contributed by atoms with Crippen molar-refractivity contribution in [3.63, 3.8) is 0 Å². The first kappa shape index (κ1) is 11.4. The molecule has 1 aliphatic heterocycles. The first-order valence-corrected chi connectivity index (χ1v) is 5.94. The summed E-state index contributed by atoms with van der Waals surface area (Å²) in [6.45, 7) is 3.97. The second-order valence-electron chi connectivity index (χ2n) is 4.61. The van der Waals surface area contributed by atoms with E-state index in [0.29, 0.717) is 5.92 Å². The zero-order chi connectivity index (χ0) is 11.5. The van der Waals surface area contributed by atoms with E-state index in [1.54, 1.807) is 0 Å². The van der Waals surface area contributed by atoms with Crippen LogP contribution in [0.4, 0.5) is 5.69 Å². The maximum Gasteiger partial charge on any atom is 0.0839 e. The van der Waals surface area contributed by atoms with Crippen molar-refractivity contribution in [1.82, 2.24) is 5.32 Å². The zero-order valence-corrected chi connectivity index (χ0v) is 9.74. The molecule has 0 aliphatic carbocycles. The fourth-order valence-electron chi connectivity index (χ4n) is 2.38. The Kier molecular flexibility index (Phi) is 3.46. The SMILES string of the molecule is Cc1cccc(C(O)C2CCNCC2)c1N. The van der Waals surface area contributed by atoms with E-state index >= 15 is 0 Å². The Bertz CT molecular complexity index is 359. The summed E-state index contributed by atoms with van der Waals surface area (Å²) in [6, 6.07) is 5.88. The van der Waals surface area contributed by atoms with Gasteiger partial charge < -0.3 is 16.2 Å². The van der Waals surface area contributed by atoms with Gasteiger partial charge >= 0.3 is 0 Å². The average Bonchev–Trinajstić information content (AvgIpc) is 2.33. The number of hydrogen-bond acceptors (Lipinski definition) is 3. The van der Waals surface area contributed by atoms with E-state index in [9.17, 15) is 5.11 Å². The monoisotopic (exact) mass is 220 g/mol. The van der Waals surface area contributed by atoms with Crippen LogP contribution in [0.2, 0.25) is 0 Å². The van der Waals surface area contributed by atoms with Crippen molar-refractivity contribution < 1.29 is 5.11 Å². The van der Waals surface area contributed by atoms with Crippen molar-refractivity contribution in [2.24, 2.45) is 5.92 Å². The third kappa shape index (κ3) is 2.20. The molecule has 0 amide bonds. The molecule has 1 atom stereocenters. The number of nitrogens with two attached hydrogens (primary N) is 1. The number of nitrogens with one attached hydrogen (secondary N) is 1. The molecule has 0 aromatic heterocycles. The summed E-state index contributed by atoms with van der Waals surface area (Å²) in [4.78, 5) is 0. The smallest absolute Gasteiger partial charge is 0.0839 e. The number of piperidine rings is 1. The van der Waals surface area contributed by atoms with Crippen LogP contribution < -0.4 is 11.1 Å². The predicted molar refractivity (Wildman–Crippen MR) is 66.1 cm³/mol. The Balaban J connectivity index is 2.19. The molecule has 3 nitrogen and oxygen atoms in total. The number of aliphatic hydroxyl groups excluding tert-OH is 1. The Morgan fingerprint density at radius 1 is 1.38 bits per heavy atom. The minimum absolute atomic E-state index is 0.338. The van der Waals surface area contributed by atoms with Gasteiger partial charge in [0.2, 0.25) is 0 Å². The maximum absolute atomic E-state index is 10.3. The number of nitrogen functional groups attached to an aromatic ring is 1. The largest absolute Gasteiger partial charge is 0.398 e. The third-order valence-electron chi connectivity index (χ3n) is 3.51. The van der Waals surface area contributed by atoms with Crippen LogP contribution in [0.3, 0.4) is 0 Å². The van der Waals surface area contributed by atoms with Gasteiger partial charge in [0.25, 0.3) is 0 Å². The number of para-hydroxylation sites is 1. The molecule has 1 fully saturated rings. The topological polar surface area (TPSA) is 58.3 Å². The summed E-state index contributed by atoms with van der Waals surface area (Å²) in [7, 11) is 0. The van der Waals surface area contributed by atoms with Gasteiger partial charge in [0.05, 0.1) is 6.10 Å². The molecule has 3 heteroatoms. The van der Waals surface area contributed by atoms with Crippen molar-refractivity contribution in [2.45, 2.75) is 25.9 Å². The summed E-state index contributed by atoms with van der Waals surface area (Å²) >= 11 is 0. The number of anilines is 1. The Labute approximate surface area is 96.7 Å². The Morgan fingerprint density at radius 3 is 2.75 bits per heavy atom. The third-order valence-corrected chi connectivity index (χ3v) is 3.51. The second-order valence-corrected chi connectivity index (χ2v) is 4.61. The highest BCUT2D eigenvalue weighted by molar-refractivity contribution is 5.54. The number of rotatable bonds is 2. The fourth-order valence-corrected chi connectivity index (χ4v) is 2.38. The Hall–Kier alpha value is -1.06. The Morgan fingerprint density at radius 2 is 2.06 bits per heavy atom. The number of aryl methyl sites for hydroxylation is 1. The van der Waals surface area contributed by atoms with Gasteiger partial charge in [-0.25, -0.2) is 0 Å². The molecule has 0 saturated carbocycles. The highest BCUT2D eigenvalue weighted by Gasteiger charge is 2.24. The molecular weight excluding hydrogens is 200 g/mol. The normalized spacial score (nSPS) is 19.6. The van der Waals surface area contributed by atoms with Crippen molar-refractivity contribution in [3.05, 3.63) is 29.3 Å². The molecule has 1 aromatic rings. The van der Waals surface area contributed by atoms with E-state index in [1.807, 2.05) is 25.1 Å². The van der Waals surface area contributed by atoms with E-state index in [2.05, 4.69) is 5.32 Å². The van der Waals surface area contributed by atoms with Gasteiger partial charge in [-0.1, -0.05) is 18.2 Å². The summed E-state index contributed by atoms with van der Waals surface area (Å²) in [5.41, 5.74) is 8.70. The summed E-state index contributed by atoms with van der Waals surface area (Å²) in [5.74, 6) is 0.338. The molecule has 16 heavy (non-hydrogen) atoms. The molecule has 1 heterocycles. The lowest BCUT2D eigenvalue weighted by Gasteiger charge is -2.28. The molecule has 0 bridgehead atoms. The van der Waals surface area contributed by atoms with Gasteiger partial charge in [0.1, 0.15) is 0 Å². The van der Waals surface area contributed by atoms with Gasteiger partial charge in [0, 0.05) is 11.3 Å². The molecule has 0 spiro atoms. The van der Waals surface area contributed by atoms with Crippen LogP contribution in [0.5, 0.6) is 0 Å². The van der Waals surface area contributed by atoms with Crippen LogP contribution in [0.15, 0.2) is 18.2 Å². The van der Waals surface area contributed by atoms with Gasteiger partial charge in [-0.15, -0.1) is 0 Å². The summed E-state index contributed by atoms with van der Waals surface area (Å²) in [5, 5.41) is 13.6. The van der Waals surface area contributed by atoms with Crippen LogP contribution in [0, 0.1) is 12.8 Å². The van der Waals surface area contributed by atoms with Crippen LogP contribution >= 0.6 is 0 Å². The van der Waals surface area contributed by atoms with Crippen molar-refractivity contribution in [2.75, 3.05) is 18.8 Å². The second kappa shape index (κ2) is 4.85. The van der Waals surface area contributed by atoms with Crippen LogP contribution in [0.25, 0.3) is 0 Å². The molecule has 1 unspecified atom stereocenters. The lowest BCUT2D eigenvalue weighted by Crippen LogP contribution is -2.31. The summed E-state index contributed by atoms with van der Waals surface area (Å²) < 4.78 is 0. The number of benzene rings is 1. The first-order valence-electron chi connectivity index (χ1n) is 5.94. The van der Waals surface area contributed by atoms with Gasteiger partial charge in [-0.3, -0.25) is 0 Å².